The predicted molar refractivity (Wildman–Crippen MR) is 119 cm³/mol. The van der Waals surface area contributed by atoms with Gasteiger partial charge in [-0.3, -0.25) is 14.9 Å². The third kappa shape index (κ3) is 5.56. The number of benzene rings is 2. The molecule has 0 saturated heterocycles. The smallest absolute Gasteiger partial charge is 0.259 e. The van der Waals surface area contributed by atoms with E-state index in [9.17, 15) is 9.59 Å². The standard InChI is InChI=1S/C26H33NO2/c1-2-3-4-5-6-7-8-9-10-11-15-20-16-12-13-17-21(20)22-18-14-19-23-24(22)26(29)27-25(23)28/h12-14,16-19H,2-11,15H2,1H3,(H,27,28,29). The second-order valence-electron chi connectivity index (χ2n) is 8.10. The molecule has 29 heavy (non-hydrogen) atoms. The number of fused-ring (bicyclic) bond motifs is 1. The van der Waals surface area contributed by atoms with Gasteiger partial charge < -0.3 is 0 Å². The number of hydrogen-bond donors (Lipinski definition) is 1. The third-order valence-corrected chi connectivity index (χ3v) is 5.87. The summed E-state index contributed by atoms with van der Waals surface area (Å²) >= 11 is 0. The van der Waals surface area contributed by atoms with Gasteiger partial charge in [0.1, 0.15) is 0 Å². The minimum atomic E-state index is -0.293. The number of aryl methyl sites for hydroxylation is 1. The summed E-state index contributed by atoms with van der Waals surface area (Å²) in [5, 5.41) is 2.42. The molecule has 1 aliphatic heterocycles. The Labute approximate surface area is 174 Å². The minimum absolute atomic E-state index is 0.283. The molecule has 2 aromatic carbocycles. The maximum Gasteiger partial charge on any atom is 0.259 e. The number of hydrogen-bond acceptors (Lipinski definition) is 2. The van der Waals surface area contributed by atoms with Gasteiger partial charge in [0, 0.05) is 0 Å². The number of imide groups is 1. The van der Waals surface area contributed by atoms with Gasteiger partial charge in [-0.05, 0) is 35.6 Å². The monoisotopic (exact) mass is 391 g/mol. The van der Waals surface area contributed by atoms with Crippen LogP contribution in [0, 0.1) is 0 Å². The molecule has 0 spiro atoms. The largest absolute Gasteiger partial charge is 0.288 e. The molecule has 0 aliphatic carbocycles. The van der Waals surface area contributed by atoms with Crippen LogP contribution in [0.3, 0.4) is 0 Å². The van der Waals surface area contributed by atoms with Gasteiger partial charge in [-0.2, -0.15) is 0 Å². The van der Waals surface area contributed by atoms with Crippen LogP contribution in [0.15, 0.2) is 42.5 Å². The zero-order valence-corrected chi connectivity index (χ0v) is 17.6. The Balaban J connectivity index is 1.54. The van der Waals surface area contributed by atoms with Crippen LogP contribution < -0.4 is 5.32 Å². The first-order valence-electron chi connectivity index (χ1n) is 11.3. The maximum atomic E-state index is 12.3. The van der Waals surface area contributed by atoms with Crippen molar-refractivity contribution in [2.24, 2.45) is 0 Å². The van der Waals surface area contributed by atoms with Crippen molar-refractivity contribution in [3.63, 3.8) is 0 Å². The van der Waals surface area contributed by atoms with Gasteiger partial charge in [-0.1, -0.05) is 101 Å². The summed E-state index contributed by atoms with van der Waals surface area (Å²) in [7, 11) is 0. The van der Waals surface area contributed by atoms with Crippen molar-refractivity contribution < 1.29 is 9.59 Å². The predicted octanol–water partition coefficient (Wildman–Crippen LogP) is 6.70. The molecule has 3 rings (SSSR count). The Hall–Kier alpha value is -2.42. The number of unbranched alkanes of at least 4 members (excludes halogenated alkanes) is 9. The SMILES string of the molecule is CCCCCCCCCCCCc1ccccc1-c1cccc2c1C(=O)NC2=O. The van der Waals surface area contributed by atoms with Crippen LogP contribution in [0.2, 0.25) is 0 Å². The molecular weight excluding hydrogens is 358 g/mol. The summed E-state index contributed by atoms with van der Waals surface area (Å²) in [6, 6.07) is 13.8. The van der Waals surface area contributed by atoms with Crippen molar-refractivity contribution in [2.75, 3.05) is 0 Å². The van der Waals surface area contributed by atoms with E-state index in [1.807, 2.05) is 18.2 Å². The lowest BCUT2D eigenvalue weighted by atomic mass is 9.91. The Morgan fingerprint density at radius 2 is 1.21 bits per heavy atom. The number of carbonyl (C=O) groups excluding carboxylic acids is 2. The average Bonchev–Trinajstić information content (AvgIpc) is 3.04. The molecule has 2 aromatic rings. The lowest BCUT2D eigenvalue weighted by Gasteiger charge is -2.12. The quantitative estimate of drug-likeness (QED) is 0.323. The van der Waals surface area contributed by atoms with Crippen molar-refractivity contribution >= 4 is 11.8 Å². The number of rotatable bonds is 12. The van der Waals surface area contributed by atoms with Crippen molar-refractivity contribution in [1.82, 2.24) is 5.32 Å². The normalized spacial score (nSPS) is 12.9. The molecule has 2 amide bonds. The summed E-state index contributed by atoms with van der Waals surface area (Å²) in [6.07, 6.45) is 14.2. The zero-order chi connectivity index (χ0) is 20.5. The second kappa shape index (κ2) is 10.9. The molecule has 154 valence electrons. The summed E-state index contributed by atoms with van der Waals surface area (Å²) in [6.45, 7) is 2.26. The molecule has 0 unspecified atom stereocenters. The van der Waals surface area contributed by atoms with E-state index >= 15 is 0 Å². The van der Waals surface area contributed by atoms with Gasteiger partial charge in [0.15, 0.2) is 0 Å². The molecule has 0 fully saturated rings. The van der Waals surface area contributed by atoms with Crippen molar-refractivity contribution in [3.05, 3.63) is 59.2 Å². The van der Waals surface area contributed by atoms with Crippen LogP contribution in [-0.4, -0.2) is 11.8 Å². The van der Waals surface area contributed by atoms with E-state index in [0.29, 0.717) is 11.1 Å². The average molecular weight is 392 g/mol. The van der Waals surface area contributed by atoms with Gasteiger partial charge in [-0.15, -0.1) is 0 Å². The molecular formula is C26H33NO2. The molecule has 3 heteroatoms. The van der Waals surface area contributed by atoms with Crippen LogP contribution >= 0.6 is 0 Å². The summed E-state index contributed by atoms with van der Waals surface area (Å²) in [5.41, 5.74) is 4.21. The third-order valence-electron chi connectivity index (χ3n) is 5.87. The Bertz CT molecular complexity index is 840. The molecule has 1 N–H and O–H groups in total. The first-order chi connectivity index (χ1) is 14.2. The Morgan fingerprint density at radius 3 is 1.93 bits per heavy atom. The Kier molecular flexibility index (Phi) is 8.03. The van der Waals surface area contributed by atoms with Crippen LogP contribution in [0.1, 0.15) is 97.4 Å². The molecule has 0 radical (unpaired) electrons. The maximum absolute atomic E-state index is 12.3. The van der Waals surface area contributed by atoms with Crippen molar-refractivity contribution in [2.45, 2.75) is 77.6 Å². The van der Waals surface area contributed by atoms with E-state index in [1.54, 1.807) is 6.07 Å². The van der Waals surface area contributed by atoms with Gasteiger partial charge >= 0.3 is 0 Å². The van der Waals surface area contributed by atoms with Gasteiger partial charge in [0.2, 0.25) is 0 Å². The molecule has 1 aliphatic rings. The van der Waals surface area contributed by atoms with Crippen molar-refractivity contribution in [1.29, 1.82) is 0 Å². The van der Waals surface area contributed by atoms with E-state index < -0.39 is 0 Å². The Morgan fingerprint density at radius 1 is 0.621 bits per heavy atom. The number of amides is 2. The number of carbonyl (C=O) groups is 2. The first kappa shape index (κ1) is 21.3. The van der Waals surface area contributed by atoms with Gasteiger partial charge in [0.25, 0.3) is 11.8 Å². The first-order valence-corrected chi connectivity index (χ1v) is 11.3. The van der Waals surface area contributed by atoms with Crippen LogP contribution in [0.25, 0.3) is 11.1 Å². The summed E-state index contributed by atoms with van der Waals surface area (Å²) < 4.78 is 0. The topological polar surface area (TPSA) is 46.2 Å². The molecule has 3 nitrogen and oxygen atoms in total. The van der Waals surface area contributed by atoms with Crippen molar-refractivity contribution in [3.8, 4) is 11.1 Å². The summed E-state index contributed by atoms with van der Waals surface area (Å²) in [5.74, 6) is -0.576. The van der Waals surface area contributed by atoms with Crippen LogP contribution in [0.4, 0.5) is 0 Å². The molecule has 0 bridgehead atoms. The number of nitrogens with one attached hydrogen (secondary N) is 1. The molecule has 1 heterocycles. The van der Waals surface area contributed by atoms with E-state index in [2.05, 4.69) is 30.4 Å². The fourth-order valence-electron chi connectivity index (χ4n) is 4.25. The zero-order valence-electron chi connectivity index (χ0n) is 17.6. The fourth-order valence-corrected chi connectivity index (χ4v) is 4.25. The van der Waals surface area contributed by atoms with Crippen LogP contribution in [-0.2, 0) is 6.42 Å². The van der Waals surface area contributed by atoms with E-state index in [0.717, 1.165) is 24.0 Å². The lowest BCUT2D eigenvalue weighted by Crippen LogP contribution is -2.20. The van der Waals surface area contributed by atoms with E-state index in [1.165, 1.54) is 63.4 Å². The highest BCUT2D eigenvalue weighted by Gasteiger charge is 2.29. The highest BCUT2D eigenvalue weighted by molar-refractivity contribution is 6.24. The minimum Gasteiger partial charge on any atom is -0.288 e. The molecule has 0 aromatic heterocycles. The molecule has 0 atom stereocenters. The van der Waals surface area contributed by atoms with Gasteiger partial charge in [-0.25, -0.2) is 0 Å². The molecule has 0 saturated carbocycles. The van der Waals surface area contributed by atoms with Crippen LogP contribution in [0.5, 0.6) is 0 Å². The highest BCUT2D eigenvalue weighted by Crippen LogP contribution is 2.32. The van der Waals surface area contributed by atoms with Gasteiger partial charge in [0.05, 0.1) is 11.1 Å². The second-order valence-corrected chi connectivity index (χ2v) is 8.10. The van der Waals surface area contributed by atoms with E-state index in [4.69, 9.17) is 0 Å². The fraction of sp³-hybridized carbons (Fsp3) is 0.462. The lowest BCUT2D eigenvalue weighted by molar-refractivity contribution is 0.0880. The highest BCUT2D eigenvalue weighted by atomic mass is 16.2. The summed E-state index contributed by atoms with van der Waals surface area (Å²) in [4.78, 5) is 24.3. The van der Waals surface area contributed by atoms with E-state index in [-0.39, 0.29) is 11.8 Å².